The number of hydrogen-bond donors (Lipinski definition) is 0. The summed E-state index contributed by atoms with van der Waals surface area (Å²) in [5, 5.41) is 3.71. The zero-order chi connectivity index (χ0) is 17.6. The Kier molecular flexibility index (Phi) is 3.67. The third kappa shape index (κ3) is 2.12. The molecule has 1 aliphatic rings. The highest BCUT2D eigenvalue weighted by Crippen LogP contribution is 2.36. The highest BCUT2D eigenvalue weighted by molar-refractivity contribution is 7.93. The van der Waals surface area contributed by atoms with Crippen molar-refractivity contribution in [3.63, 3.8) is 0 Å². The highest BCUT2D eigenvalue weighted by Gasteiger charge is 2.50. The summed E-state index contributed by atoms with van der Waals surface area (Å²) in [6, 6.07) is 4.00. The smallest absolute Gasteiger partial charge is 0.337 e. The number of nitrogens with zero attached hydrogens (tertiary/aromatic N) is 2. The quantitative estimate of drug-likeness (QED) is 0.592. The molecule has 8 nitrogen and oxygen atoms in total. The van der Waals surface area contributed by atoms with Crippen LogP contribution in [0, 0.1) is 13.8 Å². The SMILES string of the molecule is COC(=O)C1C(=O)c2ccccc2S(=O)(=O)N1c1onc(C)c1C. The second-order valence-electron chi connectivity index (χ2n) is 5.29. The van der Waals surface area contributed by atoms with Gasteiger partial charge in [-0.25, -0.2) is 17.5 Å². The molecule has 9 heteroatoms. The number of fused-ring (bicyclic) bond motifs is 1. The van der Waals surface area contributed by atoms with Gasteiger partial charge >= 0.3 is 5.97 Å². The van der Waals surface area contributed by atoms with Crippen LogP contribution in [0.1, 0.15) is 21.6 Å². The Morgan fingerprint density at radius 1 is 1.29 bits per heavy atom. The maximum atomic E-state index is 13.0. The van der Waals surface area contributed by atoms with Crippen molar-refractivity contribution in [3.8, 4) is 0 Å². The summed E-state index contributed by atoms with van der Waals surface area (Å²) in [6.45, 7) is 3.22. The van der Waals surface area contributed by atoms with Crippen molar-refractivity contribution in [2.45, 2.75) is 24.8 Å². The zero-order valence-electron chi connectivity index (χ0n) is 13.1. The number of ether oxygens (including phenoxy) is 1. The highest BCUT2D eigenvalue weighted by atomic mass is 32.2. The Labute approximate surface area is 138 Å². The molecule has 0 N–H and O–H groups in total. The number of esters is 1. The van der Waals surface area contributed by atoms with Crippen LogP contribution in [0.2, 0.25) is 0 Å². The van der Waals surface area contributed by atoms with E-state index in [-0.39, 0.29) is 16.3 Å². The normalized spacial score (nSPS) is 19.0. The maximum Gasteiger partial charge on any atom is 0.337 e. The van der Waals surface area contributed by atoms with E-state index in [1.165, 1.54) is 24.3 Å². The van der Waals surface area contributed by atoms with Gasteiger partial charge in [-0.2, -0.15) is 0 Å². The van der Waals surface area contributed by atoms with Crippen LogP contribution in [-0.2, 0) is 19.6 Å². The Bertz CT molecular complexity index is 947. The monoisotopic (exact) mass is 350 g/mol. The summed E-state index contributed by atoms with van der Waals surface area (Å²) < 4.78 is 36.4. The third-order valence-electron chi connectivity index (χ3n) is 3.93. The van der Waals surface area contributed by atoms with Crippen molar-refractivity contribution in [1.82, 2.24) is 5.16 Å². The van der Waals surface area contributed by atoms with Crippen LogP contribution in [0.3, 0.4) is 0 Å². The minimum absolute atomic E-state index is 0.0574. The van der Waals surface area contributed by atoms with Gasteiger partial charge in [0.05, 0.1) is 17.7 Å². The second-order valence-corrected chi connectivity index (χ2v) is 7.07. The van der Waals surface area contributed by atoms with Crippen LogP contribution in [-0.4, -0.2) is 38.5 Å². The molecule has 0 fully saturated rings. The van der Waals surface area contributed by atoms with Gasteiger partial charge in [-0.1, -0.05) is 17.3 Å². The summed E-state index contributed by atoms with van der Waals surface area (Å²) in [7, 11) is -3.12. The Balaban J connectivity index is 2.33. The predicted molar refractivity (Wildman–Crippen MR) is 82.2 cm³/mol. The number of ketones is 1. The van der Waals surface area contributed by atoms with Gasteiger partial charge in [0.25, 0.3) is 10.0 Å². The van der Waals surface area contributed by atoms with Gasteiger partial charge in [-0.15, -0.1) is 0 Å². The molecule has 0 bridgehead atoms. The van der Waals surface area contributed by atoms with E-state index in [1.807, 2.05) is 0 Å². The molecule has 126 valence electrons. The van der Waals surface area contributed by atoms with E-state index in [0.29, 0.717) is 15.6 Å². The van der Waals surface area contributed by atoms with E-state index in [0.717, 1.165) is 7.11 Å². The number of sulfonamides is 1. The Hall–Kier alpha value is -2.68. The van der Waals surface area contributed by atoms with Gasteiger partial charge in [-0.05, 0) is 26.0 Å². The largest absolute Gasteiger partial charge is 0.467 e. The molecule has 3 rings (SSSR count). The molecule has 0 saturated heterocycles. The lowest BCUT2D eigenvalue weighted by Gasteiger charge is -2.32. The van der Waals surface area contributed by atoms with Crippen LogP contribution in [0.15, 0.2) is 33.7 Å². The van der Waals surface area contributed by atoms with Gasteiger partial charge in [-0.3, -0.25) is 4.79 Å². The molecule has 1 aliphatic heterocycles. The van der Waals surface area contributed by atoms with Crippen LogP contribution in [0.4, 0.5) is 5.88 Å². The number of carbonyl (C=O) groups is 2. The lowest BCUT2D eigenvalue weighted by Crippen LogP contribution is -2.54. The Morgan fingerprint density at radius 3 is 2.54 bits per heavy atom. The fourth-order valence-electron chi connectivity index (χ4n) is 2.54. The van der Waals surface area contributed by atoms with Crippen LogP contribution < -0.4 is 4.31 Å². The number of aryl methyl sites for hydroxylation is 1. The molecule has 1 aromatic heterocycles. The molecular weight excluding hydrogens is 336 g/mol. The second kappa shape index (κ2) is 5.45. The first-order chi connectivity index (χ1) is 11.3. The van der Waals surface area contributed by atoms with Gasteiger partial charge in [0.1, 0.15) is 0 Å². The van der Waals surface area contributed by atoms with Crippen LogP contribution in [0.5, 0.6) is 0 Å². The fourth-order valence-corrected chi connectivity index (χ4v) is 4.30. The summed E-state index contributed by atoms with van der Waals surface area (Å²) in [6.07, 6.45) is 0. The molecule has 0 radical (unpaired) electrons. The maximum absolute atomic E-state index is 13.0. The standard InChI is InChI=1S/C15H14N2O6S/c1-8-9(2)16-23-14(8)17-12(15(19)22-3)13(18)10-6-4-5-7-11(10)24(17,20)21/h4-7,12H,1-3H3. The molecule has 2 heterocycles. The molecule has 0 saturated carbocycles. The lowest BCUT2D eigenvalue weighted by atomic mass is 10.0. The average Bonchev–Trinajstić information content (AvgIpc) is 2.89. The summed E-state index contributed by atoms with van der Waals surface area (Å²) >= 11 is 0. The summed E-state index contributed by atoms with van der Waals surface area (Å²) in [5.74, 6) is -1.85. The molecule has 24 heavy (non-hydrogen) atoms. The summed E-state index contributed by atoms with van der Waals surface area (Å²) in [5.41, 5.74) is 0.813. The molecule has 1 unspecified atom stereocenters. The van der Waals surface area contributed by atoms with Crippen molar-refractivity contribution in [2.75, 3.05) is 11.4 Å². The van der Waals surface area contributed by atoms with Crippen LogP contribution >= 0.6 is 0 Å². The summed E-state index contributed by atoms with van der Waals surface area (Å²) in [4.78, 5) is 24.7. The minimum Gasteiger partial charge on any atom is -0.467 e. The van der Waals surface area contributed by atoms with Crippen molar-refractivity contribution in [1.29, 1.82) is 0 Å². The first-order valence-electron chi connectivity index (χ1n) is 6.99. The zero-order valence-corrected chi connectivity index (χ0v) is 14.0. The van der Waals surface area contributed by atoms with E-state index < -0.39 is 27.8 Å². The topological polar surface area (TPSA) is 107 Å². The van der Waals surface area contributed by atoms with Gasteiger partial charge in [0.15, 0.2) is 5.78 Å². The van der Waals surface area contributed by atoms with E-state index in [1.54, 1.807) is 13.8 Å². The third-order valence-corrected chi connectivity index (χ3v) is 5.74. The molecular formula is C15H14N2O6S. The number of benzene rings is 1. The molecule has 1 atom stereocenters. The Morgan fingerprint density at radius 2 is 1.96 bits per heavy atom. The average molecular weight is 350 g/mol. The first kappa shape index (κ1) is 16.2. The minimum atomic E-state index is -4.20. The number of methoxy groups -OCH3 is 1. The fraction of sp³-hybridized carbons (Fsp3) is 0.267. The molecule has 0 spiro atoms. The van der Waals surface area contributed by atoms with Crippen molar-refractivity contribution >= 4 is 27.7 Å². The molecule has 2 aromatic rings. The number of anilines is 1. The molecule has 0 aliphatic carbocycles. The number of hydrogen-bond acceptors (Lipinski definition) is 7. The lowest BCUT2D eigenvalue weighted by molar-refractivity contribution is -0.140. The van der Waals surface area contributed by atoms with E-state index in [2.05, 4.69) is 9.89 Å². The molecule has 1 aromatic carbocycles. The van der Waals surface area contributed by atoms with Gasteiger partial charge in [0, 0.05) is 11.1 Å². The number of carbonyl (C=O) groups excluding carboxylic acids is 2. The van der Waals surface area contributed by atoms with E-state index >= 15 is 0 Å². The van der Waals surface area contributed by atoms with Crippen molar-refractivity contribution < 1.29 is 27.3 Å². The predicted octanol–water partition coefficient (Wildman–Crippen LogP) is 1.22. The van der Waals surface area contributed by atoms with Gasteiger partial charge in [0.2, 0.25) is 11.9 Å². The number of Topliss-reactive ketones (excluding diaryl/α,β-unsaturated/α-hetero) is 1. The van der Waals surface area contributed by atoms with E-state index in [9.17, 15) is 18.0 Å². The molecule has 0 amide bonds. The van der Waals surface area contributed by atoms with Crippen molar-refractivity contribution in [2.24, 2.45) is 0 Å². The first-order valence-corrected chi connectivity index (χ1v) is 8.43. The number of aromatic nitrogens is 1. The number of rotatable bonds is 2. The van der Waals surface area contributed by atoms with Gasteiger partial charge < -0.3 is 9.26 Å². The van der Waals surface area contributed by atoms with E-state index in [4.69, 9.17) is 4.52 Å². The van der Waals surface area contributed by atoms with Crippen LogP contribution in [0.25, 0.3) is 0 Å². The van der Waals surface area contributed by atoms with Crippen molar-refractivity contribution in [3.05, 3.63) is 41.1 Å².